The molecule has 3 aromatic heterocycles. The minimum Gasteiger partial charge on any atom is -0.509 e. The molecule has 0 bridgehead atoms. The zero-order valence-electron chi connectivity index (χ0n) is 31.1. The van der Waals surface area contributed by atoms with E-state index >= 15 is 0 Å². The molecule has 0 saturated heterocycles. The maximum absolute atomic E-state index is 6.55. The standard InChI is InChI=1S/C45H46N4O.Pd/c1-10-11-18-40-44(43-32(8)30(6)29(5)31(7)33(43)9)45(27(2)3)47-49(40)34-15-14-16-35(25-34)50-36-20-21-38-37-17-12-13-19-39(37)48(41(38)26-36)42-24-28(4)22-23-46-42;/h12-17,19-24,27H,10-11,18H2,1-9H3;/q-2;+2. The van der Waals surface area contributed by atoms with Crippen molar-refractivity contribution in [2.75, 3.05) is 0 Å². The number of benzene rings is 4. The minimum atomic E-state index is 0. The van der Waals surface area contributed by atoms with Crippen molar-refractivity contribution in [3.63, 3.8) is 0 Å². The fourth-order valence-corrected chi connectivity index (χ4v) is 7.35. The van der Waals surface area contributed by atoms with Crippen molar-refractivity contribution in [2.45, 2.75) is 87.5 Å². The first-order valence-corrected chi connectivity index (χ1v) is 17.9. The van der Waals surface area contributed by atoms with Crippen LogP contribution in [0.3, 0.4) is 0 Å². The molecule has 0 saturated carbocycles. The molecule has 3 heterocycles. The average molecular weight is 765 g/mol. The van der Waals surface area contributed by atoms with Crippen LogP contribution in [0.25, 0.3) is 44.4 Å². The number of pyridine rings is 1. The van der Waals surface area contributed by atoms with Crippen LogP contribution < -0.4 is 4.74 Å². The summed E-state index contributed by atoms with van der Waals surface area (Å²) in [4.78, 5) is 4.72. The maximum atomic E-state index is 6.55. The summed E-state index contributed by atoms with van der Waals surface area (Å²) < 4.78 is 10.8. The number of nitrogens with zero attached hydrogens (tertiary/aromatic N) is 4. The van der Waals surface area contributed by atoms with Crippen LogP contribution in [0.15, 0.2) is 72.9 Å². The molecular weight excluding hydrogens is 719 g/mol. The van der Waals surface area contributed by atoms with Crippen LogP contribution in [0.5, 0.6) is 11.5 Å². The van der Waals surface area contributed by atoms with Gasteiger partial charge in [-0.2, -0.15) is 17.2 Å². The topological polar surface area (TPSA) is 44.9 Å². The molecule has 0 aliphatic carbocycles. The van der Waals surface area contributed by atoms with Gasteiger partial charge in [0.25, 0.3) is 0 Å². The van der Waals surface area contributed by atoms with Gasteiger partial charge in [-0.15, -0.1) is 35.7 Å². The van der Waals surface area contributed by atoms with Crippen LogP contribution >= 0.6 is 0 Å². The molecule has 0 N–H and O–H groups in total. The first kappa shape index (κ1) is 36.3. The van der Waals surface area contributed by atoms with Gasteiger partial charge in [-0.25, -0.2) is 4.98 Å². The summed E-state index contributed by atoms with van der Waals surface area (Å²) in [6.07, 6.45) is 4.96. The van der Waals surface area contributed by atoms with Crippen molar-refractivity contribution in [1.29, 1.82) is 0 Å². The number of unbranched alkanes of at least 4 members (excludes halogenated alkanes) is 1. The monoisotopic (exact) mass is 764 g/mol. The Morgan fingerprint density at radius 2 is 1.45 bits per heavy atom. The molecule has 0 amide bonds. The van der Waals surface area contributed by atoms with E-state index in [4.69, 9.17) is 14.8 Å². The van der Waals surface area contributed by atoms with Crippen LogP contribution in [0.1, 0.15) is 84.3 Å². The molecule has 0 fully saturated rings. The molecule has 5 nitrogen and oxygen atoms in total. The summed E-state index contributed by atoms with van der Waals surface area (Å²) in [5, 5.41) is 7.61. The predicted octanol–water partition coefficient (Wildman–Crippen LogP) is 11.7. The number of ether oxygens (including phenoxy) is 1. The van der Waals surface area contributed by atoms with Crippen LogP contribution in [-0.2, 0) is 26.8 Å². The number of fused-ring (bicyclic) bond motifs is 3. The maximum Gasteiger partial charge on any atom is 2.00 e. The largest absolute Gasteiger partial charge is 2.00 e. The Labute approximate surface area is 316 Å². The van der Waals surface area contributed by atoms with Gasteiger partial charge < -0.3 is 9.30 Å². The Hall–Kier alpha value is -4.50. The number of para-hydroxylation sites is 1. The normalized spacial score (nSPS) is 11.5. The van der Waals surface area contributed by atoms with Crippen molar-refractivity contribution >= 4 is 21.8 Å². The van der Waals surface area contributed by atoms with E-state index in [-0.39, 0.29) is 26.3 Å². The van der Waals surface area contributed by atoms with Crippen LogP contribution in [0, 0.1) is 53.7 Å². The third-order valence-corrected chi connectivity index (χ3v) is 10.5. The van der Waals surface area contributed by atoms with E-state index in [1.165, 1.54) is 44.6 Å². The third-order valence-electron chi connectivity index (χ3n) is 10.5. The van der Waals surface area contributed by atoms with E-state index in [9.17, 15) is 0 Å². The second kappa shape index (κ2) is 14.6. The van der Waals surface area contributed by atoms with Crippen molar-refractivity contribution in [2.24, 2.45) is 0 Å². The Kier molecular flexibility index (Phi) is 10.4. The minimum absolute atomic E-state index is 0. The summed E-state index contributed by atoms with van der Waals surface area (Å²) in [7, 11) is 0. The second-order valence-electron chi connectivity index (χ2n) is 14.0. The molecule has 7 aromatic rings. The van der Waals surface area contributed by atoms with Crippen LogP contribution in [-0.4, -0.2) is 19.3 Å². The van der Waals surface area contributed by atoms with Gasteiger partial charge in [0.15, 0.2) is 0 Å². The average Bonchev–Trinajstić information content (AvgIpc) is 3.65. The van der Waals surface area contributed by atoms with Crippen LogP contribution in [0.4, 0.5) is 0 Å². The molecule has 51 heavy (non-hydrogen) atoms. The molecule has 0 spiro atoms. The number of aryl methyl sites for hydroxylation is 1. The summed E-state index contributed by atoms with van der Waals surface area (Å²) in [5.41, 5.74) is 15.8. The van der Waals surface area contributed by atoms with E-state index in [2.05, 4.69) is 126 Å². The van der Waals surface area contributed by atoms with E-state index in [1.54, 1.807) is 0 Å². The molecule has 262 valence electrons. The molecular formula is C45H46N4OPd. The fourth-order valence-electron chi connectivity index (χ4n) is 7.35. The van der Waals surface area contributed by atoms with Gasteiger partial charge in [-0.1, -0.05) is 50.9 Å². The summed E-state index contributed by atoms with van der Waals surface area (Å²) in [5.74, 6) is 2.35. The second-order valence-corrected chi connectivity index (χ2v) is 14.0. The first-order valence-electron chi connectivity index (χ1n) is 17.9. The smallest absolute Gasteiger partial charge is 0.509 e. The molecule has 0 atom stereocenters. The van der Waals surface area contributed by atoms with Gasteiger partial charge in [0.1, 0.15) is 5.82 Å². The van der Waals surface area contributed by atoms with Gasteiger partial charge in [0.05, 0.1) is 5.69 Å². The van der Waals surface area contributed by atoms with Crippen molar-refractivity contribution < 1.29 is 25.2 Å². The predicted molar refractivity (Wildman–Crippen MR) is 206 cm³/mol. The SMILES string of the molecule is CCCCc1c(-c2c(C)c(C)c(C)c(C)c2C)c(C(C)C)nn1-c1[c-]c(Oc2[c-]c3c(cc2)c2ccccc2n3-c2cc(C)ccn2)ccc1.[Pd+2]. The van der Waals surface area contributed by atoms with E-state index < -0.39 is 0 Å². The summed E-state index contributed by atoms with van der Waals surface area (Å²) in [6.45, 7) is 20.1. The summed E-state index contributed by atoms with van der Waals surface area (Å²) in [6, 6.07) is 29.9. The van der Waals surface area contributed by atoms with Crippen molar-refractivity contribution in [3.8, 4) is 34.1 Å². The number of hydrogen-bond acceptors (Lipinski definition) is 3. The van der Waals surface area contributed by atoms with Crippen molar-refractivity contribution in [3.05, 3.63) is 130 Å². The van der Waals surface area contributed by atoms with E-state index in [1.807, 2.05) is 30.5 Å². The van der Waals surface area contributed by atoms with Crippen molar-refractivity contribution in [1.82, 2.24) is 19.3 Å². The molecule has 0 aliphatic rings. The Morgan fingerprint density at radius 1 is 0.745 bits per heavy atom. The third kappa shape index (κ3) is 6.45. The van der Waals surface area contributed by atoms with E-state index in [0.29, 0.717) is 11.5 Å². The number of hydrogen-bond donors (Lipinski definition) is 0. The van der Waals surface area contributed by atoms with Gasteiger partial charge in [-0.3, -0.25) is 4.68 Å². The number of rotatable bonds is 9. The van der Waals surface area contributed by atoms with Gasteiger partial charge in [-0.05, 0) is 129 Å². The van der Waals surface area contributed by atoms with Gasteiger partial charge in [0.2, 0.25) is 0 Å². The molecule has 7 rings (SSSR count). The molecule has 0 unspecified atom stereocenters. The zero-order chi connectivity index (χ0) is 35.3. The Balaban J connectivity index is 0.00000448. The zero-order valence-corrected chi connectivity index (χ0v) is 32.7. The van der Waals surface area contributed by atoms with E-state index in [0.717, 1.165) is 63.8 Å². The van der Waals surface area contributed by atoms with Crippen LogP contribution in [0.2, 0.25) is 0 Å². The summed E-state index contributed by atoms with van der Waals surface area (Å²) >= 11 is 0. The Morgan fingerprint density at radius 3 is 2.16 bits per heavy atom. The molecule has 4 aromatic carbocycles. The first-order chi connectivity index (χ1) is 24.1. The number of aromatic nitrogens is 4. The quantitative estimate of drug-likeness (QED) is 0.109. The van der Waals surface area contributed by atoms with Gasteiger partial charge in [0, 0.05) is 34.5 Å². The Bertz CT molecular complexity index is 2370. The van der Waals surface area contributed by atoms with Gasteiger partial charge >= 0.3 is 20.4 Å². The molecule has 0 radical (unpaired) electrons. The fraction of sp³-hybridized carbons (Fsp3) is 0.289. The molecule has 6 heteroatoms. The molecule has 0 aliphatic heterocycles.